The van der Waals surface area contributed by atoms with Crippen molar-refractivity contribution >= 4 is 33.6 Å². The van der Waals surface area contributed by atoms with E-state index in [4.69, 9.17) is 4.74 Å². The predicted molar refractivity (Wildman–Crippen MR) is 90.4 cm³/mol. The fraction of sp³-hybridized carbons (Fsp3) is 0.188. The number of rotatable bonds is 5. The topological polar surface area (TPSA) is 47.3 Å². The van der Waals surface area contributed by atoms with E-state index >= 15 is 0 Å². The van der Waals surface area contributed by atoms with Crippen LogP contribution in [0.3, 0.4) is 0 Å². The van der Waals surface area contributed by atoms with E-state index in [9.17, 15) is 5.11 Å². The van der Waals surface area contributed by atoms with Gasteiger partial charge in [0, 0.05) is 3.57 Å². The summed E-state index contributed by atoms with van der Waals surface area (Å²) in [7, 11) is 0. The van der Waals surface area contributed by atoms with Crippen LogP contribution in [0.5, 0.6) is 5.75 Å². The summed E-state index contributed by atoms with van der Waals surface area (Å²) in [4.78, 5) is 4.31. The van der Waals surface area contributed by atoms with Gasteiger partial charge in [0.1, 0.15) is 18.5 Å². The minimum atomic E-state index is -0.582. The number of nitrogens with zero attached hydrogens (tertiary/aromatic N) is 2. The molecule has 2 aromatic carbocycles. The molecule has 0 aliphatic rings. The zero-order chi connectivity index (χ0) is 14.7. The average Bonchev–Trinajstić information content (AvgIpc) is 2.90. The Morgan fingerprint density at radius 2 is 1.90 bits per heavy atom. The SMILES string of the molecule is O[C@@H](COc1ccc(I)cc1)Cn1cnc2ccccc21. The van der Waals surface area contributed by atoms with E-state index < -0.39 is 6.10 Å². The monoisotopic (exact) mass is 394 g/mol. The van der Waals surface area contributed by atoms with Crippen molar-refractivity contribution in [2.75, 3.05) is 6.61 Å². The molecule has 0 saturated heterocycles. The Labute approximate surface area is 136 Å². The summed E-state index contributed by atoms with van der Waals surface area (Å²) in [5.41, 5.74) is 1.95. The number of benzene rings is 2. The van der Waals surface area contributed by atoms with E-state index in [0.29, 0.717) is 6.54 Å². The number of hydrogen-bond acceptors (Lipinski definition) is 3. The lowest BCUT2D eigenvalue weighted by Gasteiger charge is -2.13. The van der Waals surface area contributed by atoms with Gasteiger partial charge in [-0.15, -0.1) is 0 Å². The van der Waals surface area contributed by atoms with Crippen molar-refractivity contribution in [3.63, 3.8) is 0 Å². The first kappa shape index (κ1) is 14.3. The molecule has 3 rings (SSSR count). The van der Waals surface area contributed by atoms with E-state index in [2.05, 4.69) is 27.6 Å². The molecular formula is C16H15IN2O2. The summed E-state index contributed by atoms with van der Waals surface area (Å²) in [5.74, 6) is 0.768. The summed E-state index contributed by atoms with van der Waals surface area (Å²) >= 11 is 2.25. The van der Waals surface area contributed by atoms with Crippen LogP contribution in [0.1, 0.15) is 0 Å². The van der Waals surface area contributed by atoms with E-state index in [1.807, 2.05) is 53.1 Å². The van der Waals surface area contributed by atoms with Crippen LogP contribution in [0.2, 0.25) is 0 Å². The van der Waals surface area contributed by atoms with Gasteiger partial charge in [0.05, 0.1) is 23.9 Å². The van der Waals surface area contributed by atoms with Crippen LogP contribution >= 0.6 is 22.6 Å². The lowest BCUT2D eigenvalue weighted by atomic mass is 10.3. The maximum atomic E-state index is 10.1. The number of aromatic nitrogens is 2. The van der Waals surface area contributed by atoms with Gasteiger partial charge in [-0.1, -0.05) is 12.1 Å². The van der Waals surface area contributed by atoms with Crippen molar-refractivity contribution < 1.29 is 9.84 Å². The quantitative estimate of drug-likeness (QED) is 0.677. The van der Waals surface area contributed by atoms with Gasteiger partial charge in [0.15, 0.2) is 0 Å². The second kappa shape index (κ2) is 6.44. The van der Waals surface area contributed by atoms with E-state index in [-0.39, 0.29) is 6.61 Å². The highest BCUT2D eigenvalue weighted by Crippen LogP contribution is 2.15. The Bertz CT molecular complexity index is 724. The third kappa shape index (κ3) is 3.54. The van der Waals surface area contributed by atoms with Crippen LogP contribution in [0.25, 0.3) is 11.0 Å². The van der Waals surface area contributed by atoms with Crippen LogP contribution in [0.4, 0.5) is 0 Å². The van der Waals surface area contributed by atoms with E-state index in [1.54, 1.807) is 6.33 Å². The molecule has 0 fully saturated rings. The summed E-state index contributed by atoms with van der Waals surface area (Å²) in [6, 6.07) is 15.6. The molecule has 0 saturated carbocycles. The maximum Gasteiger partial charge on any atom is 0.119 e. The maximum absolute atomic E-state index is 10.1. The second-order valence-electron chi connectivity index (χ2n) is 4.80. The highest BCUT2D eigenvalue weighted by atomic mass is 127. The molecule has 0 aliphatic carbocycles. The standard InChI is InChI=1S/C16H15IN2O2/c17-12-5-7-14(8-6-12)21-10-13(20)9-19-11-18-15-3-1-2-4-16(15)19/h1-8,11,13,20H,9-10H2/t13-/m1/s1. The highest BCUT2D eigenvalue weighted by molar-refractivity contribution is 14.1. The smallest absolute Gasteiger partial charge is 0.119 e. The van der Waals surface area contributed by atoms with Crippen molar-refractivity contribution in [2.45, 2.75) is 12.6 Å². The molecule has 4 nitrogen and oxygen atoms in total. The molecule has 0 aliphatic heterocycles. The number of halogens is 1. The summed E-state index contributed by atoms with van der Waals surface area (Å²) in [6.07, 6.45) is 1.17. The van der Waals surface area contributed by atoms with Crippen LogP contribution in [-0.4, -0.2) is 27.4 Å². The largest absolute Gasteiger partial charge is 0.491 e. The number of hydrogen-bond donors (Lipinski definition) is 1. The number of ether oxygens (including phenoxy) is 1. The minimum Gasteiger partial charge on any atom is -0.491 e. The van der Waals surface area contributed by atoms with Crippen LogP contribution < -0.4 is 4.74 Å². The van der Waals surface area contributed by atoms with Gasteiger partial charge in [0.25, 0.3) is 0 Å². The van der Waals surface area contributed by atoms with Gasteiger partial charge >= 0.3 is 0 Å². The molecule has 21 heavy (non-hydrogen) atoms. The Hall–Kier alpha value is -1.60. The molecule has 3 aromatic rings. The second-order valence-corrected chi connectivity index (χ2v) is 6.05. The lowest BCUT2D eigenvalue weighted by molar-refractivity contribution is 0.0934. The number of fused-ring (bicyclic) bond motifs is 1. The Kier molecular flexibility index (Phi) is 4.40. The van der Waals surface area contributed by atoms with Crippen LogP contribution in [0.15, 0.2) is 54.9 Å². The summed E-state index contributed by atoms with van der Waals surface area (Å²) in [5, 5.41) is 10.1. The zero-order valence-corrected chi connectivity index (χ0v) is 13.5. The fourth-order valence-electron chi connectivity index (χ4n) is 2.16. The van der Waals surface area contributed by atoms with Crippen molar-refractivity contribution in [2.24, 2.45) is 0 Å². The van der Waals surface area contributed by atoms with Gasteiger partial charge in [-0.3, -0.25) is 0 Å². The number of para-hydroxylation sites is 2. The van der Waals surface area contributed by atoms with Crippen molar-refractivity contribution in [3.05, 3.63) is 58.4 Å². The Morgan fingerprint density at radius 1 is 1.14 bits per heavy atom. The number of aliphatic hydroxyl groups is 1. The average molecular weight is 394 g/mol. The molecule has 0 bridgehead atoms. The molecular weight excluding hydrogens is 379 g/mol. The molecule has 0 radical (unpaired) electrons. The third-order valence-electron chi connectivity index (χ3n) is 3.19. The first-order valence-corrected chi connectivity index (χ1v) is 7.76. The zero-order valence-electron chi connectivity index (χ0n) is 11.3. The van der Waals surface area contributed by atoms with E-state index in [1.165, 1.54) is 0 Å². The summed E-state index contributed by atoms with van der Waals surface area (Å²) in [6.45, 7) is 0.720. The molecule has 108 valence electrons. The molecule has 1 N–H and O–H groups in total. The minimum absolute atomic E-state index is 0.257. The number of aliphatic hydroxyl groups excluding tert-OH is 1. The Morgan fingerprint density at radius 3 is 2.71 bits per heavy atom. The van der Waals surface area contributed by atoms with Gasteiger partial charge in [-0.25, -0.2) is 4.98 Å². The van der Waals surface area contributed by atoms with Crippen LogP contribution in [-0.2, 0) is 6.54 Å². The molecule has 1 heterocycles. The fourth-order valence-corrected chi connectivity index (χ4v) is 2.52. The molecule has 0 amide bonds. The molecule has 0 unspecified atom stereocenters. The predicted octanol–water partition coefficient (Wildman–Crippen LogP) is 3.08. The molecule has 1 aromatic heterocycles. The van der Waals surface area contributed by atoms with Crippen molar-refractivity contribution in [1.29, 1.82) is 0 Å². The van der Waals surface area contributed by atoms with Gasteiger partial charge < -0.3 is 14.4 Å². The Balaban J connectivity index is 1.61. The summed E-state index contributed by atoms with van der Waals surface area (Å²) < 4.78 is 8.70. The first-order chi connectivity index (χ1) is 10.2. The third-order valence-corrected chi connectivity index (χ3v) is 3.91. The molecule has 1 atom stereocenters. The first-order valence-electron chi connectivity index (χ1n) is 6.69. The van der Waals surface area contributed by atoms with Crippen LogP contribution in [0, 0.1) is 3.57 Å². The normalized spacial score (nSPS) is 12.5. The highest BCUT2D eigenvalue weighted by Gasteiger charge is 2.09. The van der Waals surface area contributed by atoms with E-state index in [0.717, 1.165) is 20.4 Å². The lowest BCUT2D eigenvalue weighted by Crippen LogP contribution is -2.23. The molecule has 5 heteroatoms. The van der Waals surface area contributed by atoms with Crippen molar-refractivity contribution in [3.8, 4) is 5.75 Å². The molecule has 0 spiro atoms. The van der Waals surface area contributed by atoms with Crippen molar-refractivity contribution in [1.82, 2.24) is 9.55 Å². The van der Waals surface area contributed by atoms with Gasteiger partial charge in [-0.2, -0.15) is 0 Å². The van der Waals surface area contributed by atoms with Gasteiger partial charge in [-0.05, 0) is 59.0 Å². The number of imidazole rings is 1. The van der Waals surface area contributed by atoms with Gasteiger partial charge in [0.2, 0.25) is 0 Å².